The molecule has 0 saturated heterocycles. The van der Waals surface area contributed by atoms with Crippen LogP contribution in [0.3, 0.4) is 0 Å². The molecule has 0 aliphatic heterocycles. The van der Waals surface area contributed by atoms with Crippen molar-refractivity contribution < 1.29 is 4.79 Å². The number of carbonyl (C=O) groups is 1. The van der Waals surface area contributed by atoms with Crippen LogP contribution in [0, 0.1) is 5.92 Å². The summed E-state index contributed by atoms with van der Waals surface area (Å²) >= 11 is 5.89. The zero-order valence-corrected chi connectivity index (χ0v) is 12.1. The van der Waals surface area contributed by atoms with Crippen molar-refractivity contribution in [2.75, 3.05) is 11.1 Å². The van der Waals surface area contributed by atoms with Gasteiger partial charge in [-0.2, -0.15) is 0 Å². The van der Waals surface area contributed by atoms with Crippen LogP contribution >= 0.6 is 11.6 Å². The van der Waals surface area contributed by atoms with Crippen LogP contribution < -0.4 is 16.4 Å². The normalized spacial score (nSPS) is 16.2. The van der Waals surface area contributed by atoms with E-state index in [0.717, 1.165) is 0 Å². The summed E-state index contributed by atoms with van der Waals surface area (Å²) in [5.74, 6) is 0.593. The number of carbonyl (C=O) groups excluding carboxylic acids is 1. The Bertz CT molecular complexity index is 496. The maximum absolute atomic E-state index is 11.7. The molecule has 1 aromatic carbocycles. The molecule has 0 unspecified atom stereocenters. The highest BCUT2D eigenvalue weighted by Crippen LogP contribution is 2.24. The summed E-state index contributed by atoms with van der Waals surface area (Å²) in [6, 6.07) is 4.72. The van der Waals surface area contributed by atoms with E-state index >= 15 is 0 Å². The third-order valence-electron chi connectivity index (χ3n) is 3.49. The van der Waals surface area contributed by atoms with E-state index in [9.17, 15) is 4.79 Å². The predicted molar refractivity (Wildman–Crippen MR) is 83.7 cm³/mol. The van der Waals surface area contributed by atoms with E-state index in [4.69, 9.17) is 17.3 Å². The van der Waals surface area contributed by atoms with Crippen molar-refractivity contribution >= 4 is 29.0 Å². The molecule has 0 heterocycles. The van der Waals surface area contributed by atoms with Crippen molar-refractivity contribution in [3.63, 3.8) is 0 Å². The molecule has 2 amide bonds. The Labute approximate surface area is 124 Å². The fourth-order valence-electron chi connectivity index (χ4n) is 2.36. The molecule has 0 aromatic heterocycles. The van der Waals surface area contributed by atoms with Gasteiger partial charge in [-0.25, -0.2) is 4.79 Å². The van der Waals surface area contributed by atoms with Crippen LogP contribution in [-0.4, -0.2) is 6.03 Å². The van der Waals surface area contributed by atoms with Gasteiger partial charge in [0.15, 0.2) is 0 Å². The minimum absolute atomic E-state index is 0.280. The van der Waals surface area contributed by atoms with Gasteiger partial charge in [0.05, 0.1) is 10.7 Å². The Balaban J connectivity index is 1.79. The van der Waals surface area contributed by atoms with Crippen LogP contribution in [0.5, 0.6) is 0 Å². The maximum atomic E-state index is 11.7. The Morgan fingerprint density at radius 2 is 2.05 bits per heavy atom. The van der Waals surface area contributed by atoms with Gasteiger partial charge in [-0.3, -0.25) is 0 Å². The van der Waals surface area contributed by atoms with E-state index in [-0.39, 0.29) is 6.03 Å². The molecule has 0 bridgehead atoms. The topological polar surface area (TPSA) is 67.1 Å². The first kappa shape index (κ1) is 14.7. The van der Waals surface area contributed by atoms with Gasteiger partial charge in [0.2, 0.25) is 0 Å². The zero-order chi connectivity index (χ0) is 14.4. The Morgan fingerprint density at radius 1 is 1.30 bits per heavy atom. The predicted octanol–water partition coefficient (Wildman–Crippen LogP) is 4.14. The van der Waals surface area contributed by atoms with E-state index in [0.29, 0.717) is 22.3 Å². The minimum atomic E-state index is -0.280. The number of benzene rings is 1. The standard InChI is InChI=1S/C15H20ClN3O/c16-13-10-12(6-7-14(13)17)19-15(20)18-9-8-11-4-2-1-3-5-11/h6-11H,1-5,17H2,(H2,18,19,20)/b9-8+. The van der Waals surface area contributed by atoms with Crippen molar-refractivity contribution in [3.8, 4) is 0 Å². The van der Waals surface area contributed by atoms with Crippen LogP contribution in [0.1, 0.15) is 32.1 Å². The second-order valence-electron chi connectivity index (χ2n) is 5.09. The molecule has 0 radical (unpaired) electrons. The van der Waals surface area contributed by atoms with Gasteiger partial charge in [0.25, 0.3) is 0 Å². The Morgan fingerprint density at radius 3 is 2.75 bits per heavy atom. The third kappa shape index (κ3) is 4.46. The Hall–Kier alpha value is -1.68. The van der Waals surface area contributed by atoms with E-state index in [1.54, 1.807) is 24.4 Å². The van der Waals surface area contributed by atoms with Crippen LogP contribution in [0.15, 0.2) is 30.5 Å². The molecule has 5 heteroatoms. The van der Waals surface area contributed by atoms with Gasteiger partial charge in [-0.05, 0) is 37.0 Å². The van der Waals surface area contributed by atoms with Crippen LogP contribution in [0.2, 0.25) is 5.02 Å². The highest BCUT2D eigenvalue weighted by atomic mass is 35.5. The Kier molecular flexibility index (Phi) is 5.30. The first-order valence-corrected chi connectivity index (χ1v) is 7.32. The molecule has 4 nitrogen and oxygen atoms in total. The summed E-state index contributed by atoms with van der Waals surface area (Å²) in [5.41, 5.74) is 6.72. The summed E-state index contributed by atoms with van der Waals surface area (Å²) in [6.07, 6.45) is 10.1. The van der Waals surface area contributed by atoms with E-state index in [2.05, 4.69) is 16.7 Å². The van der Waals surface area contributed by atoms with E-state index < -0.39 is 0 Å². The molecule has 1 fully saturated rings. The van der Waals surface area contributed by atoms with Gasteiger partial charge in [0, 0.05) is 11.9 Å². The summed E-state index contributed by atoms with van der Waals surface area (Å²) in [5, 5.41) is 5.85. The fraction of sp³-hybridized carbons (Fsp3) is 0.400. The van der Waals surface area contributed by atoms with Crippen molar-refractivity contribution in [2.45, 2.75) is 32.1 Å². The number of urea groups is 1. The van der Waals surface area contributed by atoms with Crippen LogP contribution in [0.4, 0.5) is 16.2 Å². The molecule has 1 aliphatic rings. The number of amides is 2. The number of nitrogen functional groups attached to an aromatic ring is 1. The number of hydrogen-bond donors (Lipinski definition) is 3. The molecule has 1 aromatic rings. The molecule has 108 valence electrons. The minimum Gasteiger partial charge on any atom is -0.398 e. The molecule has 0 atom stereocenters. The summed E-state index contributed by atoms with van der Waals surface area (Å²) in [4.78, 5) is 11.7. The SMILES string of the molecule is Nc1ccc(NC(=O)N/C=C/C2CCCCC2)cc1Cl. The fourth-order valence-corrected chi connectivity index (χ4v) is 2.54. The summed E-state index contributed by atoms with van der Waals surface area (Å²) in [6.45, 7) is 0. The number of allylic oxidation sites excluding steroid dienone is 1. The molecule has 1 aliphatic carbocycles. The second-order valence-corrected chi connectivity index (χ2v) is 5.50. The largest absolute Gasteiger partial charge is 0.398 e. The highest BCUT2D eigenvalue weighted by Gasteiger charge is 2.09. The van der Waals surface area contributed by atoms with Crippen LogP contribution in [-0.2, 0) is 0 Å². The summed E-state index contributed by atoms with van der Waals surface area (Å²) < 4.78 is 0. The number of nitrogens with one attached hydrogen (secondary N) is 2. The van der Waals surface area contributed by atoms with Gasteiger partial charge in [-0.15, -0.1) is 0 Å². The number of nitrogens with two attached hydrogens (primary N) is 1. The van der Waals surface area contributed by atoms with E-state index in [1.165, 1.54) is 32.1 Å². The average Bonchev–Trinajstić information content (AvgIpc) is 2.44. The smallest absolute Gasteiger partial charge is 0.323 e. The molecule has 2 rings (SSSR count). The average molecular weight is 294 g/mol. The molecular weight excluding hydrogens is 274 g/mol. The van der Waals surface area contributed by atoms with Gasteiger partial charge >= 0.3 is 6.03 Å². The second kappa shape index (κ2) is 7.20. The lowest BCUT2D eigenvalue weighted by Crippen LogP contribution is -2.24. The van der Waals surface area contributed by atoms with Gasteiger partial charge in [-0.1, -0.05) is 36.9 Å². The first-order valence-electron chi connectivity index (χ1n) is 6.94. The van der Waals surface area contributed by atoms with Gasteiger partial charge < -0.3 is 16.4 Å². The number of rotatable bonds is 3. The number of anilines is 2. The number of hydrogen-bond acceptors (Lipinski definition) is 2. The first-order chi connectivity index (χ1) is 9.65. The zero-order valence-electron chi connectivity index (χ0n) is 11.4. The summed E-state index contributed by atoms with van der Waals surface area (Å²) in [7, 11) is 0. The highest BCUT2D eigenvalue weighted by molar-refractivity contribution is 6.33. The van der Waals surface area contributed by atoms with Crippen molar-refractivity contribution in [1.29, 1.82) is 0 Å². The molecule has 4 N–H and O–H groups in total. The maximum Gasteiger partial charge on any atom is 0.323 e. The van der Waals surface area contributed by atoms with Crippen molar-refractivity contribution in [3.05, 3.63) is 35.5 Å². The number of halogens is 1. The van der Waals surface area contributed by atoms with Gasteiger partial charge in [0.1, 0.15) is 0 Å². The molecule has 1 saturated carbocycles. The lowest BCUT2D eigenvalue weighted by Gasteiger charge is -2.17. The molecule has 0 spiro atoms. The van der Waals surface area contributed by atoms with Crippen molar-refractivity contribution in [2.24, 2.45) is 5.92 Å². The quantitative estimate of drug-likeness (QED) is 0.733. The van der Waals surface area contributed by atoms with Crippen molar-refractivity contribution in [1.82, 2.24) is 5.32 Å². The van der Waals surface area contributed by atoms with E-state index in [1.807, 2.05) is 0 Å². The lowest BCUT2D eigenvalue weighted by atomic mass is 9.89. The molecule has 20 heavy (non-hydrogen) atoms. The lowest BCUT2D eigenvalue weighted by molar-refractivity contribution is 0.255. The third-order valence-corrected chi connectivity index (χ3v) is 3.82. The monoisotopic (exact) mass is 293 g/mol. The molecular formula is C15H20ClN3O. The van der Waals surface area contributed by atoms with Crippen LogP contribution in [0.25, 0.3) is 0 Å².